The minimum Gasteiger partial charge on any atom is -0.352 e. The molecule has 5 heteroatoms. The smallest absolute Gasteiger partial charge is 0.242 e. The summed E-state index contributed by atoms with van der Waals surface area (Å²) in [6.45, 7) is 9.98. The zero-order chi connectivity index (χ0) is 20.8. The molecule has 0 bridgehead atoms. The zero-order valence-electron chi connectivity index (χ0n) is 17.3. The van der Waals surface area contributed by atoms with Crippen molar-refractivity contribution in [2.24, 2.45) is 0 Å². The minimum atomic E-state index is -0.573. The van der Waals surface area contributed by atoms with Crippen LogP contribution in [0.15, 0.2) is 42.5 Å². The molecule has 0 heterocycles. The van der Waals surface area contributed by atoms with Crippen molar-refractivity contribution in [1.29, 1.82) is 0 Å². The Morgan fingerprint density at radius 1 is 0.964 bits per heavy atom. The molecule has 150 valence electrons. The molecular weight excluding hydrogens is 372 g/mol. The first-order chi connectivity index (χ1) is 13.2. The molecule has 2 aromatic carbocycles. The van der Waals surface area contributed by atoms with Crippen LogP contribution in [0, 0.1) is 13.8 Å². The highest BCUT2D eigenvalue weighted by atomic mass is 35.5. The molecular formula is C23H29ClN2O2. The maximum Gasteiger partial charge on any atom is 0.242 e. The van der Waals surface area contributed by atoms with E-state index in [0.29, 0.717) is 11.6 Å². The fourth-order valence-electron chi connectivity index (χ4n) is 3.22. The first-order valence-electron chi connectivity index (χ1n) is 9.57. The summed E-state index contributed by atoms with van der Waals surface area (Å²) >= 11 is 5.97. The van der Waals surface area contributed by atoms with E-state index in [4.69, 9.17) is 11.6 Å². The number of carbonyl (C=O) groups is 2. The lowest BCUT2D eigenvalue weighted by molar-refractivity contribution is -0.140. The van der Waals surface area contributed by atoms with E-state index in [1.165, 1.54) is 0 Å². The van der Waals surface area contributed by atoms with Crippen LogP contribution in [0.25, 0.3) is 0 Å². The number of rotatable bonds is 7. The minimum absolute atomic E-state index is 0.0156. The van der Waals surface area contributed by atoms with Gasteiger partial charge in [-0.1, -0.05) is 53.1 Å². The maximum atomic E-state index is 13.2. The fraction of sp³-hybridized carbons (Fsp3) is 0.391. The third kappa shape index (κ3) is 6.38. The van der Waals surface area contributed by atoms with Crippen molar-refractivity contribution in [1.82, 2.24) is 10.2 Å². The average Bonchev–Trinajstić information content (AvgIpc) is 2.59. The molecule has 0 aromatic heterocycles. The maximum absolute atomic E-state index is 13.2. The molecule has 28 heavy (non-hydrogen) atoms. The third-order valence-electron chi connectivity index (χ3n) is 4.50. The van der Waals surface area contributed by atoms with Crippen molar-refractivity contribution in [2.45, 2.75) is 59.7 Å². The number of halogens is 1. The predicted octanol–water partition coefficient (Wildman–Crippen LogP) is 4.44. The molecule has 4 nitrogen and oxygen atoms in total. The first-order valence-corrected chi connectivity index (χ1v) is 9.95. The number of benzene rings is 2. The molecule has 0 saturated heterocycles. The molecule has 2 aromatic rings. The van der Waals surface area contributed by atoms with Gasteiger partial charge in [0.25, 0.3) is 0 Å². The van der Waals surface area contributed by atoms with Crippen molar-refractivity contribution in [3.63, 3.8) is 0 Å². The standard InChI is InChI=1S/C23H29ClN2O2/c1-15(2)25-23(28)18(5)26(14-19-6-8-21(24)9-7-19)22(27)13-20-11-16(3)10-17(4)12-20/h6-12,15,18H,13-14H2,1-5H3,(H,25,28)/t18-/m0/s1. The Morgan fingerprint density at radius 3 is 2.07 bits per heavy atom. The van der Waals surface area contributed by atoms with Gasteiger partial charge in [0, 0.05) is 17.6 Å². The van der Waals surface area contributed by atoms with Gasteiger partial charge in [0.2, 0.25) is 11.8 Å². The summed E-state index contributed by atoms with van der Waals surface area (Å²) in [6, 6.07) is 12.9. The van der Waals surface area contributed by atoms with E-state index in [9.17, 15) is 9.59 Å². The number of carbonyl (C=O) groups excluding carboxylic acids is 2. The Hall–Kier alpha value is -2.33. The van der Waals surface area contributed by atoms with Gasteiger partial charge in [-0.3, -0.25) is 9.59 Å². The molecule has 0 fully saturated rings. The van der Waals surface area contributed by atoms with Gasteiger partial charge in [-0.05, 0) is 57.9 Å². The molecule has 1 atom stereocenters. The average molecular weight is 401 g/mol. The Labute approximate surface area is 172 Å². The first kappa shape index (κ1) is 22.0. The molecule has 1 N–H and O–H groups in total. The largest absolute Gasteiger partial charge is 0.352 e. The van der Waals surface area contributed by atoms with Crippen LogP contribution in [0.4, 0.5) is 0 Å². The second-order valence-corrected chi connectivity index (χ2v) is 8.10. The molecule has 0 radical (unpaired) electrons. The second kappa shape index (κ2) is 9.74. The summed E-state index contributed by atoms with van der Waals surface area (Å²) in [5.41, 5.74) is 4.14. The molecule has 0 aliphatic rings. The lowest BCUT2D eigenvalue weighted by Gasteiger charge is -2.29. The number of hydrogen-bond acceptors (Lipinski definition) is 2. The zero-order valence-corrected chi connectivity index (χ0v) is 18.0. The summed E-state index contributed by atoms with van der Waals surface area (Å²) in [7, 11) is 0. The number of amides is 2. The van der Waals surface area contributed by atoms with Crippen molar-refractivity contribution < 1.29 is 9.59 Å². The molecule has 0 spiro atoms. The molecule has 2 rings (SSSR count). The highest BCUT2D eigenvalue weighted by Crippen LogP contribution is 2.16. The van der Waals surface area contributed by atoms with E-state index in [-0.39, 0.29) is 24.3 Å². The topological polar surface area (TPSA) is 49.4 Å². The number of hydrogen-bond donors (Lipinski definition) is 1. The van der Waals surface area contributed by atoms with Crippen molar-refractivity contribution in [3.8, 4) is 0 Å². The highest BCUT2D eigenvalue weighted by molar-refractivity contribution is 6.30. The van der Waals surface area contributed by atoms with Crippen LogP contribution >= 0.6 is 11.6 Å². The highest BCUT2D eigenvalue weighted by Gasteiger charge is 2.26. The lowest BCUT2D eigenvalue weighted by atomic mass is 10.0. The molecule has 0 aliphatic carbocycles. The summed E-state index contributed by atoms with van der Waals surface area (Å²) in [6.07, 6.45) is 0.259. The van der Waals surface area contributed by atoms with Crippen LogP contribution in [0.2, 0.25) is 5.02 Å². The van der Waals surface area contributed by atoms with E-state index in [2.05, 4.69) is 11.4 Å². The van der Waals surface area contributed by atoms with Crippen LogP contribution in [-0.4, -0.2) is 28.8 Å². The van der Waals surface area contributed by atoms with E-state index in [1.54, 1.807) is 24.0 Å². The van der Waals surface area contributed by atoms with Crippen LogP contribution in [0.3, 0.4) is 0 Å². The molecule has 0 aliphatic heterocycles. The van der Waals surface area contributed by atoms with Gasteiger partial charge in [0.05, 0.1) is 6.42 Å². The van der Waals surface area contributed by atoms with Crippen molar-refractivity contribution in [3.05, 3.63) is 69.7 Å². The van der Waals surface area contributed by atoms with Gasteiger partial charge >= 0.3 is 0 Å². The van der Waals surface area contributed by atoms with Crippen LogP contribution in [0.1, 0.15) is 43.0 Å². The normalized spacial score (nSPS) is 12.0. The molecule has 0 unspecified atom stereocenters. The van der Waals surface area contributed by atoms with Gasteiger partial charge in [-0.25, -0.2) is 0 Å². The SMILES string of the molecule is Cc1cc(C)cc(CC(=O)N(Cc2ccc(Cl)cc2)[C@@H](C)C(=O)NC(C)C)c1. The van der Waals surface area contributed by atoms with Gasteiger partial charge in [0.15, 0.2) is 0 Å². The Kier molecular flexibility index (Phi) is 7.64. The second-order valence-electron chi connectivity index (χ2n) is 7.66. The van der Waals surface area contributed by atoms with Crippen LogP contribution in [0.5, 0.6) is 0 Å². The van der Waals surface area contributed by atoms with Crippen LogP contribution in [-0.2, 0) is 22.6 Å². The Balaban J connectivity index is 2.25. The third-order valence-corrected chi connectivity index (χ3v) is 4.75. The van der Waals surface area contributed by atoms with Crippen LogP contribution < -0.4 is 5.32 Å². The molecule has 2 amide bonds. The number of aryl methyl sites for hydroxylation is 2. The van der Waals surface area contributed by atoms with Gasteiger partial charge in [-0.2, -0.15) is 0 Å². The predicted molar refractivity (Wildman–Crippen MR) is 114 cm³/mol. The van der Waals surface area contributed by atoms with Gasteiger partial charge in [0.1, 0.15) is 6.04 Å². The van der Waals surface area contributed by atoms with E-state index >= 15 is 0 Å². The quantitative estimate of drug-likeness (QED) is 0.746. The Bertz CT molecular complexity index is 811. The Morgan fingerprint density at radius 2 is 1.54 bits per heavy atom. The molecule has 0 saturated carbocycles. The van der Waals surface area contributed by atoms with Gasteiger partial charge < -0.3 is 10.2 Å². The number of nitrogens with zero attached hydrogens (tertiary/aromatic N) is 1. The summed E-state index contributed by atoms with van der Waals surface area (Å²) in [5, 5.41) is 3.54. The summed E-state index contributed by atoms with van der Waals surface area (Å²) in [5.74, 6) is -0.232. The monoisotopic (exact) mass is 400 g/mol. The summed E-state index contributed by atoms with van der Waals surface area (Å²) in [4.78, 5) is 27.4. The van der Waals surface area contributed by atoms with Gasteiger partial charge in [-0.15, -0.1) is 0 Å². The van der Waals surface area contributed by atoms with E-state index in [1.807, 2.05) is 52.0 Å². The fourth-order valence-corrected chi connectivity index (χ4v) is 3.35. The van der Waals surface area contributed by atoms with Crippen molar-refractivity contribution in [2.75, 3.05) is 0 Å². The number of nitrogens with one attached hydrogen (secondary N) is 1. The van der Waals surface area contributed by atoms with E-state index in [0.717, 1.165) is 22.3 Å². The van der Waals surface area contributed by atoms with Crippen molar-refractivity contribution >= 4 is 23.4 Å². The lowest BCUT2D eigenvalue weighted by Crippen LogP contribution is -2.49. The summed E-state index contributed by atoms with van der Waals surface area (Å²) < 4.78 is 0. The van der Waals surface area contributed by atoms with E-state index < -0.39 is 6.04 Å².